The lowest BCUT2D eigenvalue weighted by atomic mass is 9.90. The van der Waals surface area contributed by atoms with Gasteiger partial charge >= 0.3 is 0 Å². The number of benzene rings is 1. The van der Waals surface area contributed by atoms with Crippen molar-refractivity contribution in [3.05, 3.63) is 34.4 Å². The van der Waals surface area contributed by atoms with Gasteiger partial charge in [0, 0.05) is 0 Å². The molecule has 0 unspecified atom stereocenters. The van der Waals surface area contributed by atoms with E-state index in [-0.39, 0.29) is 0 Å². The third kappa shape index (κ3) is 2.62. The monoisotopic (exact) mass is 204 g/mol. The van der Waals surface area contributed by atoms with E-state index in [0.717, 1.165) is 0 Å². The molecule has 0 radical (unpaired) electrons. The van der Waals surface area contributed by atoms with Crippen LogP contribution in [-0.2, 0) is 25.7 Å². The minimum absolute atomic E-state index is 1.17. The number of hydrogen-bond donors (Lipinski definition) is 0. The van der Waals surface area contributed by atoms with E-state index in [9.17, 15) is 0 Å². The fourth-order valence-corrected chi connectivity index (χ4v) is 2.51. The Morgan fingerprint density at radius 1 is 0.733 bits per heavy atom. The largest absolute Gasteiger partial charge is 0.0651 e. The molecule has 0 atom stereocenters. The predicted molar refractivity (Wildman–Crippen MR) is 68.6 cm³/mol. The molecule has 0 aliphatic heterocycles. The standard InChI is InChI=1S/C15H24/c1-5-9-13-11-10-12(6-2)14(7-3)15(13)8-4/h10-11H,5-9H2,1-4H3. The third-order valence-corrected chi connectivity index (χ3v) is 3.23. The fourth-order valence-electron chi connectivity index (χ4n) is 2.51. The zero-order valence-electron chi connectivity index (χ0n) is 10.7. The van der Waals surface area contributed by atoms with E-state index in [2.05, 4.69) is 39.8 Å². The minimum Gasteiger partial charge on any atom is -0.0651 e. The molecule has 0 saturated heterocycles. The molecule has 0 aromatic heterocycles. The van der Waals surface area contributed by atoms with Crippen LogP contribution in [0, 0.1) is 0 Å². The maximum Gasteiger partial charge on any atom is -0.0279 e. The lowest BCUT2D eigenvalue weighted by Crippen LogP contribution is -2.02. The molecule has 1 aromatic carbocycles. The van der Waals surface area contributed by atoms with Gasteiger partial charge in [0.2, 0.25) is 0 Å². The van der Waals surface area contributed by atoms with Crippen LogP contribution >= 0.6 is 0 Å². The van der Waals surface area contributed by atoms with Crippen LogP contribution in [-0.4, -0.2) is 0 Å². The molecule has 0 nitrogen and oxygen atoms in total. The van der Waals surface area contributed by atoms with Gasteiger partial charge in [-0.2, -0.15) is 0 Å². The molecule has 0 aliphatic rings. The molecular formula is C15H24. The highest BCUT2D eigenvalue weighted by Gasteiger charge is 2.08. The maximum atomic E-state index is 2.35. The molecule has 1 rings (SSSR count). The van der Waals surface area contributed by atoms with Gasteiger partial charge in [-0.05, 0) is 47.9 Å². The summed E-state index contributed by atoms with van der Waals surface area (Å²) in [6, 6.07) is 4.68. The van der Waals surface area contributed by atoms with Crippen molar-refractivity contribution in [2.24, 2.45) is 0 Å². The Balaban J connectivity index is 3.21. The lowest BCUT2D eigenvalue weighted by molar-refractivity contribution is 0.877. The first-order chi connectivity index (χ1) is 7.28. The second-order valence-corrected chi connectivity index (χ2v) is 4.15. The van der Waals surface area contributed by atoms with Crippen molar-refractivity contribution in [3.8, 4) is 0 Å². The lowest BCUT2D eigenvalue weighted by Gasteiger charge is -2.16. The number of rotatable bonds is 5. The molecule has 0 saturated carbocycles. The van der Waals surface area contributed by atoms with Gasteiger partial charge in [-0.3, -0.25) is 0 Å². The second kappa shape index (κ2) is 5.95. The van der Waals surface area contributed by atoms with Crippen LogP contribution in [0.3, 0.4) is 0 Å². The molecule has 0 N–H and O–H groups in total. The summed E-state index contributed by atoms with van der Waals surface area (Å²) in [4.78, 5) is 0. The predicted octanol–water partition coefficient (Wildman–Crippen LogP) is 4.33. The van der Waals surface area contributed by atoms with Crippen molar-refractivity contribution in [2.75, 3.05) is 0 Å². The Morgan fingerprint density at radius 2 is 1.27 bits per heavy atom. The van der Waals surface area contributed by atoms with Crippen molar-refractivity contribution in [2.45, 2.75) is 59.8 Å². The van der Waals surface area contributed by atoms with Gasteiger partial charge in [0.05, 0.1) is 0 Å². The highest BCUT2D eigenvalue weighted by Crippen LogP contribution is 2.22. The SMILES string of the molecule is CCCc1ccc(CC)c(CC)c1CC. The normalized spacial score (nSPS) is 10.7. The molecule has 0 spiro atoms. The van der Waals surface area contributed by atoms with Gasteiger partial charge in [0.25, 0.3) is 0 Å². The molecule has 0 fully saturated rings. The Hall–Kier alpha value is -0.780. The summed E-state index contributed by atoms with van der Waals surface area (Å²) in [5.41, 5.74) is 6.37. The molecule has 84 valence electrons. The molecule has 0 heterocycles. The fraction of sp³-hybridized carbons (Fsp3) is 0.600. The van der Waals surface area contributed by atoms with E-state index in [1.165, 1.54) is 32.1 Å². The van der Waals surface area contributed by atoms with Crippen molar-refractivity contribution in [3.63, 3.8) is 0 Å². The first-order valence-corrected chi connectivity index (χ1v) is 6.40. The molecule has 0 bridgehead atoms. The minimum atomic E-state index is 1.17. The van der Waals surface area contributed by atoms with Crippen LogP contribution in [0.2, 0.25) is 0 Å². The molecular weight excluding hydrogens is 180 g/mol. The summed E-state index contributed by atoms with van der Waals surface area (Å²) < 4.78 is 0. The van der Waals surface area contributed by atoms with E-state index in [4.69, 9.17) is 0 Å². The van der Waals surface area contributed by atoms with E-state index in [0.29, 0.717) is 0 Å². The van der Waals surface area contributed by atoms with Gasteiger partial charge in [-0.25, -0.2) is 0 Å². The van der Waals surface area contributed by atoms with Crippen LogP contribution in [0.4, 0.5) is 0 Å². The Bertz CT molecular complexity index is 310. The van der Waals surface area contributed by atoms with E-state index >= 15 is 0 Å². The summed E-state index contributed by atoms with van der Waals surface area (Å²) >= 11 is 0. The third-order valence-electron chi connectivity index (χ3n) is 3.23. The zero-order valence-corrected chi connectivity index (χ0v) is 10.7. The topological polar surface area (TPSA) is 0 Å². The van der Waals surface area contributed by atoms with Gasteiger partial charge in [0.15, 0.2) is 0 Å². The highest BCUT2D eigenvalue weighted by atomic mass is 14.1. The van der Waals surface area contributed by atoms with Gasteiger partial charge < -0.3 is 0 Å². The van der Waals surface area contributed by atoms with Gasteiger partial charge in [-0.1, -0.05) is 46.2 Å². The Labute approximate surface area is 94.7 Å². The first-order valence-electron chi connectivity index (χ1n) is 6.40. The molecule has 0 aliphatic carbocycles. The van der Waals surface area contributed by atoms with E-state index in [1.807, 2.05) is 0 Å². The average Bonchev–Trinajstić information content (AvgIpc) is 2.28. The van der Waals surface area contributed by atoms with Crippen LogP contribution in [0.25, 0.3) is 0 Å². The second-order valence-electron chi connectivity index (χ2n) is 4.15. The maximum absolute atomic E-state index is 2.35. The van der Waals surface area contributed by atoms with Crippen molar-refractivity contribution in [1.29, 1.82) is 0 Å². The Kier molecular flexibility index (Phi) is 4.87. The molecule has 0 amide bonds. The first kappa shape index (κ1) is 12.3. The number of hydrogen-bond acceptors (Lipinski definition) is 0. The summed E-state index contributed by atoms with van der Waals surface area (Å²) in [5.74, 6) is 0. The quantitative estimate of drug-likeness (QED) is 0.670. The summed E-state index contributed by atoms with van der Waals surface area (Å²) in [7, 11) is 0. The van der Waals surface area contributed by atoms with Crippen molar-refractivity contribution in [1.82, 2.24) is 0 Å². The summed E-state index contributed by atoms with van der Waals surface area (Å²) in [6.45, 7) is 9.09. The zero-order chi connectivity index (χ0) is 11.3. The van der Waals surface area contributed by atoms with E-state index in [1.54, 1.807) is 22.3 Å². The van der Waals surface area contributed by atoms with Crippen molar-refractivity contribution >= 4 is 0 Å². The van der Waals surface area contributed by atoms with E-state index < -0.39 is 0 Å². The molecule has 1 aromatic rings. The Morgan fingerprint density at radius 3 is 1.73 bits per heavy atom. The summed E-state index contributed by atoms with van der Waals surface area (Å²) in [6.07, 6.45) is 6.03. The van der Waals surface area contributed by atoms with Crippen LogP contribution in [0.1, 0.15) is 56.4 Å². The van der Waals surface area contributed by atoms with Crippen molar-refractivity contribution < 1.29 is 0 Å². The molecule has 15 heavy (non-hydrogen) atoms. The van der Waals surface area contributed by atoms with Gasteiger partial charge in [-0.15, -0.1) is 0 Å². The highest BCUT2D eigenvalue weighted by molar-refractivity contribution is 5.41. The smallest absolute Gasteiger partial charge is 0.0279 e. The average molecular weight is 204 g/mol. The van der Waals surface area contributed by atoms with Crippen LogP contribution in [0.5, 0.6) is 0 Å². The van der Waals surface area contributed by atoms with Crippen LogP contribution in [0.15, 0.2) is 12.1 Å². The summed E-state index contributed by atoms with van der Waals surface area (Å²) in [5, 5.41) is 0. The number of aryl methyl sites for hydroxylation is 2. The van der Waals surface area contributed by atoms with Gasteiger partial charge in [0.1, 0.15) is 0 Å². The molecule has 0 heteroatoms. The van der Waals surface area contributed by atoms with Crippen LogP contribution < -0.4 is 0 Å².